The molecule has 0 atom stereocenters. The van der Waals surface area contributed by atoms with Crippen molar-refractivity contribution >= 4 is 39.4 Å². The first-order chi connectivity index (χ1) is 13.0. The van der Waals surface area contributed by atoms with E-state index < -0.39 is 0 Å². The van der Waals surface area contributed by atoms with Gasteiger partial charge in [-0.05, 0) is 56.3 Å². The van der Waals surface area contributed by atoms with Gasteiger partial charge in [0.25, 0.3) is 0 Å². The fraction of sp³-hybridized carbons (Fsp3) is 0.200. The minimum atomic E-state index is -0.108. The number of allylic oxidation sites excluding steroid dienone is 1. The number of benzene rings is 1. The minimum absolute atomic E-state index is 0.108. The number of furan rings is 1. The molecule has 0 aliphatic rings. The van der Waals surface area contributed by atoms with E-state index in [0.717, 1.165) is 11.0 Å². The first kappa shape index (κ1) is 19.5. The number of aromatic nitrogens is 2. The van der Waals surface area contributed by atoms with E-state index in [1.165, 1.54) is 6.08 Å². The Balaban J connectivity index is 1.62. The van der Waals surface area contributed by atoms with Crippen LogP contribution in [0.2, 0.25) is 5.02 Å². The van der Waals surface area contributed by atoms with E-state index in [-0.39, 0.29) is 12.4 Å². The zero-order valence-corrected chi connectivity index (χ0v) is 17.3. The Morgan fingerprint density at radius 1 is 1.37 bits per heavy atom. The Bertz CT molecular complexity index is 991. The van der Waals surface area contributed by atoms with Gasteiger partial charge in [0.05, 0.1) is 16.3 Å². The predicted molar refractivity (Wildman–Crippen MR) is 108 cm³/mol. The third kappa shape index (κ3) is 4.90. The van der Waals surface area contributed by atoms with E-state index >= 15 is 0 Å². The van der Waals surface area contributed by atoms with Crippen molar-refractivity contribution in [3.63, 3.8) is 0 Å². The molecule has 0 amide bonds. The average Bonchev–Trinajstić information content (AvgIpc) is 3.25. The van der Waals surface area contributed by atoms with Gasteiger partial charge in [-0.15, -0.1) is 0 Å². The van der Waals surface area contributed by atoms with Crippen molar-refractivity contribution in [1.29, 1.82) is 0 Å². The number of hydrogen-bond donors (Lipinski definition) is 0. The molecular formula is C20H18BrClN2O3. The molecule has 140 valence electrons. The van der Waals surface area contributed by atoms with E-state index in [1.807, 2.05) is 19.9 Å². The summed E-state index contributed by atoms with van der Waals surface area (Å²) in [4.78, 5) is 12.3. The van der Waals surface area contributed by atoms with Gasteiger partial charge in [0.1, 0.15) is 23.9 Å². The minimum Gasteiger partial charge on any atom is -0.484 e. The van der Waals surface area contributed by atoms with Gasteiger partial charge in [0.15, 0.2) is 5.78 Å². The maximum absolute atomic E-state index is 12.3. The van der Waals surface area contributed by atoms with Crippen molar-refractivity contribution in [3.8, 4) is 5.75 Å². The molecule has 5 nitrogen and oxygen atoms in total. The van der Waals surface area contributed by atoms with Crippen LogP contribution in [0.25, 0.3) is 6.08 Å². The summed E-state index contributed by atoms with van der Waals surface area (Å²) >= 11 is 9.48. The lowest BCUT2D eigenvalue weighted by Gasteiger charge is -2.06. The number of ether oxygens (including phenoxy) is 1. The van der Waals surface area contributed by atoms with E-state index in [9.17, 15) is 4.79 Å². The summed E-state index contributed by atoms with van der Waals surface area (Å²) in [6.07, 6.45) is 4.88. The number of carbonyl (C=O) groups excluding carboxylic acids is 1. The normalized spacial score (nSPS) is 11.3. The smallest absolute Gasteiger partial charge is 0.189 e. The van der Waals surface area contributed by atoms with Gasteiger partial charge in [-0.3, -0.25) is 9.48 Å². The highest BCUT2D eigenvalue weighted by Gasteiger charge is 2.11. The zero-order chi connectivity index (χ0) is 19.4. The molecule has 7 heteroatoms. The molecule has 0 radical (unpaired) electrons. The Labute approximate surface area is 170 Å². The molecule has 0 saturated heterocycles. The summed E-state index contributed by atoms with van der Waals surface area (Å²) in [5.41, 5.74) is 1.31. The number of ketones is 1. The lowest BCUT2D eigenvalue weighted by atomic mass is 10.1. The van der Waals surface area contributed by atoms with Gasteiger partial charge < -0.3 is 9.15 Å². The van der Waals surface area contributed by atoms with Gasteiger partial charge in [-0.25, -0.2) is 0 Å². The molecule has 0 aliphatic heterocycles. The predicted octanol–water partition coefficient (Wildman–Crippen LogP) is 5.70. The Hall–Kier alpha value is -2.31. The zero-order valence-electron chi connectivity index (χ0n) is 14.9. The fourth-order valence-electron chi connectivity index (χ4n) is 2.47. The second kappa shape index (κ2) is 8.59. The van der Waals surface area contributed by atoms with Gasteiger partial charge >= 0.3 is 0 Å². The van der Waals surface area contributed by atoms with Crippen LogP contribution in [0.5, 0.6) is 5.75 Å². The summed E-state index contributed by atoms with van der Waals surface area (Å²) < 4.78 is 14.0. The molecule has 0 N–H and O–H groups in total. The van der Waals surface area contributed by atoms with Crippen molar-refractivity contribution < 1.29 is 13.9 Å². The molecule has 0 spiro atoms. The van der Waals surface area contributed by atoms with Crippen LogP contribution in [0.15, 0.2) is 51.5 Å². The molecule has 0 fully saturated rings. The van der Waals surface area contributed by atoms with E-state index in [2.05, 4.69) is 21.0 Å². The van der Waals surface area contributed by atoms with Gasteiger partial charge in [-0.2, -0.15) is 5.10 Å². The molecule has 3 aromatic rings. The standard InChI is InChI=1S/C20H18BrClN2O3/c1-3-24-11-17(13(2)23-24)19(25)8-7-15-5-6-16(27-15)12-26-20-9-4-14(21)10-18(20)22/h4-11H,3,12H2,1-2H3/b8-7+. The second-order valence-corrected chi connectivity index (χ2v) is 7.17. The number of hydrogen-bond acceptors (Lipinski definition) is 4. The summed E-state index contributed by atoms with van der Waals surface area (Å²) in [7, 11) is 0. The third-order valence-electron chi connectivity index (χ3n) is 3.88. The number of halogens is 2. The van der Waals surface area contributed by atoms with E-state index in [0.29, 0.717) is 33.6 Å². The monoisotopic (exact) mass is 448 g/mol. The summed E-state index contributed by atoms with van der Waals surface area (Å²) in [6.45, 7) is 4.76. The Morgan fingerprint density at radius 3 is 2.89 bits per heavy atom. The highest BCUT2D eigenvalue weighted by atomic mass is 79.9. The van der Waals surface area contributed by atoms with Crippen LogP contribution >= 0.6 is 27.5 Å². The Morgan fingerprint density at radius 2 is 2.19 bits per heavy atom. The molecule has 2 heterocycles. The SMILES string of the molecule is CCn1cc(C(=O)/C=C/c2ccc(COc3ccc(Br)cc3Cl)o2)c(C)n1. The largest absolute Gasteiger partial charge is 0.484 e. The highest BCUT2D eigenvalue weighted by Crippen LogP contribution is 2.28. The molecule has 3 rings (SSSR count). The van der Waals surface area contributed by atoms with Crippen molar-refractivity contribution in [2.45, 2.75) is 27.0 Å². The topological polar surface area (TPSA) is 57.3 Å². The van der Waals surface area contributed by atoms with Crippen molar-refractivity contribution in [1.82, 2.24) is 9.78 Å². The molecule has 1 aromatic carbocycles. The fourth-order valence-corrected chi connectivity index (χ4v) is 3.20. The van der Waals surface area contributed by atoms with Crippen LogP contribution in [0, 0.1) is 6.92 Å². The third-order valence-corrected chi connectivity index (χ3v) is 4.67. The van der Waals surface area contributed by atoms with Gasteiger partial charge in [-0.1, -0.05) is 27.5 Å². The first-order valence-electron chi connectivity index (χ1n) is 8.39. The molecule has 0 unspecified atom stereocenters. The maximum Gasteiger partial charge on any atom is 0.189 e. The Kier molecular flexibility index (Phi) is 6.19. The molecule has 0 aliphatic carbocycles. The molecule has 27 heavy (non-hydrogen) atoms. The van der Waals surface area contributed by atoms with Crippen LogP contribution in [0.1, 0.15) is 34.5 Å². The quantitative estimate of drug-likeness (QED) is 0.343. The second-order valence-electron chi connectivity index (χ2n) is 5.85. The number of aryl methyl sites for hydroxylation is 2. The number of nitrogens with zero attached hydrogens (tertiary/aromatic N) is 2. The number of carbonyl (C=O) groups is 1. The summed E-state index contributed by atoms with van der Waals surface area (Å²) in [6, 6.07) is 8.99. The van der Waals surface area contributed by atoms with E-state index in [1.54, 1.807) is 41.2 Å². The van der Waals surface area contributed by atoms with Crippen molar-refractivity contribution in [3.05, 3.63) is 74.9 Å². The molecule has 2 aromatic heterocycles. The van der Waals surface area contributed by atoms with Crippen LogP contribution in [-0.4, -0.2) is 15.6 Å². The van der Waals surface area contributed by atoms with Crippen LogP contribution in [0.4, 0.5) is 0 Å². The van der Waals surface area contributed by atoms with Crippen molar-refractivity contribution in [2.75, 3.05) is 0 Å². The number of rotatable bonds is 7. The molecule has 0 bridgehead atoms. The first-order valence-corrected chi connectivity index (χ1v) is 9.56. The van der Waals surface area contributed by atoms with Crippen LogP contribution in [-0.2, 0) is 13.2 Å². The maximum atomic E-state index is 12.3. The highest BCUT2D eigenvalue weighted by molar-refractivity contribution is 9.10. The van der Waals surface area contributed by atoms with E-state index in [4.69, 9.17) is 20.8 Å². The lowest BCUT2D eigenvalue weighted by molar-refractivity contribution is 0.104. The van der Waals surface area contributed by atoms with Gasteiger partial charge in [0, 0.05) is 17.2 Å². The van der Waals surface area contributed by atoms with Crippen LogP contribution < -0.4 is 4.74 Å². The summed E-state index contributed by atoms with van der Waals surface area (Å²) in [5.74, 6) is 1.68. The molecule has 0 saturated carbocycles. The van der Waals surface area contributed by atoms with Gasteiger partial charge in [0.2, 0.25) is 0 Å². The average molecular weight is 450 g/mol. The summed E-state index contributed by atoms with van der Waals surface area (Å²) in [5, 5.41) is 4.80. The molecular weight excluding hydrogens is 432 g/mol. The van der Waals surface area contributed by atoms with Crippen LogP contribution in [0.3, 0.4) is 0 Å². The lowest BCUT2D eigenvalue weighted by Crippen LogP contribution is -1.95. The van der Waals surface area contributed by atoms with Crippen molar-refractivity contribution in [2.24, 2.45) is 0 Å².